The van der Waals surface area contributed by atoms with Crippen molar-refractivity contribution in [2.24, 2.45) is 5.92 Å². The van der Waals surface area contributed by atoms with Crippen LogP contribution in [0, 0.1) is 23.0 Å². The number of hydrogen-bond acceptors (Lipinski definition) is 5. The molecular weight excluding hydrogens is 330 g/mol. The molecule has 0 spiro atoms. The van der Waals surface area contributed by atoms with E-state index in [2.05, 4.69) is 18.7 Å². The van der Waals surface area contributed by atoms with Gasteiger partial charge in [0.2, 0.25) is 10.0 Å². The molecule has 0 bridgehead atoms. The normalized spacial score (nSPS) is 17.3. The molecule has 0 aliphatic carbocycles. The number of nitro benzene ring substituents is 1. The summed E-state index contributed by atoms with van der Waals surface area (Å²) < 4.78 is 27.1. The van der Waals surface area contributed by atoms with E-state index in [1.807, 2.05) is 0 Å². The summed E-state index contributed by atoms with van der Waals surface area (Å²) in [4.78, 5) is 12.7. The quantitative estimate of drug-likeness (QED) is 0.577. The van der Waals surface area contributed by atoms with Crippen LogP contribution in [0.15, 0.2) is 23.1 Å². The zero-order valence-corrected chi connectivity index (χ0v) is 15.3. The van der Waals surface area contributed by atoms with E-state index in [1.165, 1.54) is 16.4 Å². The standard InChI is InChI=1S/C16H25N3O4S/c1-13(2)6-7-17-8-10-18(11-9-17)24(22,23)16-12-15(19(20)21)5-4-14(16)3/h4-5,12-13H,6-11H2,1-3H3. The summed E-state index contributed by atoms with van der Waals surface area (Å²) >= 11 is 0. The number of nitro groups is 1. The molecule has 0 saturated carbocycles. The summed E-state index contributed by atoms with van der Waals surface area (Å²) in [7, 11) is -3.70. The van der Waals surface area contributed by atoms with Gasteiger partial charge in [0.1, 0.15) is 0 Å². The zero-order valence-electron chi connectivity index (χ0n) is 14.4. The maximum atomic E-state index is 12.8. The van der Waals surface area contributed by atoms with Crippen LogP contribution in [0.3, 0.4) is 0 Å². The largest absolute Gasteiger partial charge is 0.301 e. The van der Waals surface area contributed by atoms with Gasteiger partial charge in [0.25, 0.3) is 5.69 Å². The second-order valence-corrected chi connectivity index (χ2v) is 8.54. The van der Waals surface area contributed by atoms with Gasteiger partial charge in [0, 0.05) is 38.3 Å². The Morgan fingerprint density at radius 3 is 2.38 bits per heavy atom. The molecule has 0 aromatic heterocycles. The monoisotopic (exact) mass is 355 g/mol. The van der Waals surface area contributed by atoms with Crippen molar-refractivity contribution in [2.75, 3.05) is 32.7 Å². The third-order valence-electron chi connectivity index (χ3n) is 4.35. The van der Waals surface area contributed by atoms with Crippen LogP contribution in [-0.2, 0) is 10.0 Å². The number of aryl methyl sites for hydroxylation is 1. The highest BCUT2D eigenvalue weighted by atomic mass is 32.2. The number of piperazine rings is 1. The van der Waals surface area contributed by atoms with E-state index >= 15 is 0 Å². The first kappa shape index (κ1) is 18.8. The van der Waals surface area contributed by atoms with Gasteiger partial charge < -0.3 is 4.90 Å². The molecule has 0 unspecified atom stereocenters. The van der Waals surface area contributed by atoms with E-state index in [1.54, 1.807) is 6.92 Å². The molecule has 1 aromatic rings. The van der Waals surface area contributed by atoms with Crippen molar-refractivity contribution in [3.05, 3.63) is 33.9 Å². The number of sulfonamides is 1. The summed E-state index contributed by atoms with van der Waals surface area (Å²) in [6, 6.07) is 3.98. The molecule has 0 atom stereocenters. The van der Waals surface area contributed by atoms with Crippen molar-refractivity contribution in [3.63, 3.8) is 0 Å². The van der Waals surface area contributed by atoms with Crippen molar-refractivity contribution in [2.45, 2.75) is 32.1 Å². The summed E-state index contributed by atoms with van der Waals surface area (Å²) in [6.07, 6.45) is 1.09. The van der Waals surface area contributed by atoms with Crippen molar-refractivity contribution < 1.29 is 13.3 Å². The van der Waals surface area contributed by atoms with Crippen LogP contribution in [0.4, 0.5) is 5.69 Å². The van der Waals surface area contributed by atoms with E-state index in [4.69, 9.17) is 0 Å². The molecule has 1 aliphatic heterocycles. The van der Waals surface area contributed by atoms with Gasteiger partial charge in [-0.2, -0.15) is 4.31 Å². The first-order valence-electron chi connectivity index (χ1n) is 8.19. The fourth-order valence-electron chi connectivity index (χ4n) is 2.75. The van der Waals surface area contributed by atoms with E-state index < -0.39 is 14.9 Å². The highest BCUT2D eigenvalue weighted by Crippen LogP contribution is 2.25. The van der Waals surface area contributed by atoms with E-state index in [0.29, 0.717) is 37.7 Å². The second-order valence-electron chi connectivity index (χ2n) is 6.64. The Balaban J connectivity index is 2.12. The van der Waals surface area contributed by atoms with Gasteiger partial charge in [-0.15, -0.1) is 0 Å². The number of hydrogen-bond donors (Lipinski definition) is 0. The maximum absolute atomic E-state index is 12.8. The predicted molar refractivity (Wildman–Crippen MR) is 92.5 cm³/mol. The SMILES string of the molecule is Cc1ccc([N+](=O)[O-])cc1S(=O)(=O)N1CCN(CCC(C)C)CC1. The third kappa shape index (κ3) is 4.31. The number of nitrogens with zero attached hydrogens (tertiary/aromatic N) is 3. The van der Waals surface area contributed by atoms with Crippen LogP contribution >= 0.6 is 0 Å². The predicted octanol–water partition coefficient (Wildman–Crippen LogP) is 2.26. The minimum absolute atomic E-state index is 0.0346. The lowest BCUT2D eigenvalue weighted by molar-refractivity contribution is -0.385. The topological polar surface area (TPSA) is 83.8 Å². The molecule has 0 radical (unpaired) electrons. The average molecular weight is 355 g/mol. The molecule has 1 aliphatic rings. The molecule has 8 heteroatoms. The fraction of sp³-hybridized carbons (Fsp3) is 0.625. The van der Waals surface area contributed by atoms with Crippen LogP contribution in [0.1, 0.15) is 25.8 Å². The van der Waals surface area contributed by atoms with Crippen molar-refractivity contribution in [1.29, 1.82) is 0 Å². The summed E-state index contributed by atoms with van der Waals surface area (Å²) in [5.41, 5.74) is 0.331. The molecule has 134 valence electrons. The summed E-state index contributed by atoms with van der Waals surface area (Å²) in [5.74, 6) is 0.624. The first-order chi connectivity index (χ1) is 11.2. The van der Waals surface area contributed by atoms with Crippen molar-refractivity contribution >= 4 is 15.7 Å². The van der Waals surface area contributed by atoms with Crippen LogP contribution in [0.2, 0.25) is 0 Å². The van der Waals surface area contributed by atoms with E-state index in [0.717, 1.165) is 19.0 Å². The first-order valence-corrected chi connectivity index (χ1v) is 9.63. The number of non-ortho nitro benzene ring substituents is 1. The molecule has 1 fully saturated rings. The Bertz CT molecular complexity index is 695. The van der Waals surface area contributed by atoms with E-state index in [-0.39, 0.29) is 10.6 Å². The molecule has 1 saturated heterocycles. The van der Waals surface area contributed by atoms with Crippen LogP contribution < -0.4 is 0 Å². The number of benzene rings is 1. The van der Waals surface area contributed by atoms with Crippen LogP contribution in [0.5, 0.6) is 0 Å². The third-order valence-corrected chi connectivity index (χ3v) is 6.39. The van der Waals surface area contributed by atoms with Gasteiger partial charge in [-0.05, 0) is 31.4 Å². The Hall–Kier alpha value is -1.51. The van der Waals surface area contributed by atoms with Gasteiger partial charge in [0.15, 0.2) is 0 Å². The van der Waals surface area contributed by atoms with Gasteiger partial charge in [0.05, 0.1) is 9.82 Å². The Labute approximate surface area is 143 Å². The van der Waals surface area contributed by atoms with Crippen LogP contribution in [-0.4, -0.2) is 55.3 Å². The minimum Gasteiger partial charge on any atom is -0.301 e. The molecular formula is C16H25N3O4S. The highest BCUT2D eigenvalue weighted by Gasteiger charge is 2.30. The van der Waals surface area contributed by atoms with E-state index in [9.17, 15) is 18.5 Å². The minimum atomic E-state index is -3.70. The molecule has 0 N–H and O–H groups in total. The molecule has 24 heavy (non-hydrogen) atoms. The molecule has 7 nitrogen and oxygen atoms in total. The smallest absolute Gasteiger partial charge is 0.270 e. The Morgan fingerprint density at radius 2 is 1.83 bits per heavy atom. The van der Waals surface area contributed by atoms with Gasteiger partial charge in [-0.3, -0.25) is 10.1 Å². The molecule has 0 amide bonds. The molecule has 1 heterocycles. The lowest BCUT2D eigenvalue weighted by atomic mass is 10.1. The molecule has 1 aromatic carbocycles. The lowest BCUT2D eigenvalue weighted by Gasteiger charge is -2.34. The van der Waals surface area contributed by atoms with Crippen molar-refractivity contribution in [3.8, 4) is 0 Å². The molecule has 2 rings (SSSR count). The number of rotatable bonds is 6. The average Bonchev–Trinajstić information content (AvgIpc) is 2.53. The summed E-state index contributed by atoms with van der Waals surface area (Å²) in [5, 5.41) is 10.9. The fourth-order valence-corrected chi connectivity index (χ4v) is 4.42. The Kier molecular flexibility index (Phi) is 5.95. The Morgan fingerprint density at radius 1 is 1.21 bits per heavy atom. The van der Waals surface area contributed by atoms with Crippen molar-refractivity contribution in [1.82, 2.24) is 9.21 Å². The highest BCUT2D eigenvalue weighted by molar-refractivity contribution is 7.89. The second kappa shape index (κ2) is 7.58. The maximum Gasteiger partial charge on any atom is 0.270 e. The zero-order chi connectivity index (χ0) is 17.9. The summed E-state index contributed by atoms with van der Waals surface area (Å²) in [6.45, 7) is 9.21. The van der Waals surface area contributed by atoms with Crippen LogP contribution in [0.25, 0.3) is 0 Å². The van der Waals surface area contributed by atoms with Gasteiger partial charge >= 0.3 is 0 Å². The van der Waals surface area contributed by atoms with Gasteiger partial charge in [-0.25, -0.2) is 8.42 Å². The van der Waals surface area contributed by atoms with Gasteiger partial charge in [-0.1, -0.05) is 19.9 Å². The lowest BCUT2D eigenvalue weighted by Crippen LogP contribution is -2.48.